The molecule has 0 bridgehead atoms. The molecule has 0 radical (unpaired) electrons. The van der Waals surface area contributed by atoms with Crippen LogP contribution in [0.2, 0.25) is 5.15 Å². The number of hydrogen-bond donors (Lipinski definition) is 1. The molecule has 104 valence electrons. The van der Waals surface area contributed by atoms with Gasteiger partial charge in [-0.25, -0.2) is 9.97 Å². The average Bonchev–Trinajstić information content (AvgIpc) is 3.17. The maximum atomic E-state index is 6.09. The van der Waals surface area contributed by atoms with Crippen LogP contribution in [0.4, 0.5) is 11.5 Å². The molecule has 0 spiro atoms. The summed E-state index contributed by atoms with van der Waals surface area (Å²) in [5.41, 5.74) is 3.41. The van der Waals surface area contributed by atoms with E-state index in [1.165, 1.54) is 11.1 Å². The van der Waals surface area contributed by atoms with Gasteiger partial charge in [-0.2, -0.15) is 0 Å². The number of rotatable bonds is 3. The van der Waals surface area contributed by atoms with Gasteiger partial charge >= 0.3 is 0 Å². The van der Waals surface area contributed by atoms with E-state index in [9.17, 15) is 0 Å². The first kappa shape index (κ1) is 13.8. The minimum Gasteiger partial charge on any atom is -0.340 e. The number of aryl methyl sites for hydroxylation is 2. The minimum atomic E-state index is 0.487. The summed E-state index contributed by atoms with van der Waals surface area (Å²) < 4.78 is 1.08. The number of nitrogens with one attached hydrogen (secondary N) is 1. The zero-order chi connectivity index (χ0) is 14.3. The van der Waals surface area contributed by atoms with Gasteiger partial charge in [-0.15, -0.1) is 0 Å². The Labute approximate surface area is 131 Å². The molecule has 1 aliphatic rings. The molecule has 1 fully saturated rings. The van der Waals surface area contributed by atoms with Crippen molar-refractivity contribution in [1.29, 1.82) is 0 Å². The second kappa shape index (κ2) is 5.34. The van der Waals surface area contributed by atoms with Crippen LogP contribution in [-0.2, 0) is 0 Å². The quantitative estimate of drug-likeness (QED) is 0.778. The highest BCUT2D eigenvalue weighted by atomic mass is 79.9. The average molecular weight is 353 g/mol. The predicted octanol–water partition coefficient (Wildman–Crippen LogP) is 5.13. The van der Waals surface area contributed by atoms with Gasteiger partial charge in [0, 0.05) is 22.1 Å². The monoisotopic (exact) mass is 351 g/mol. The Morgan fingerprint density at radius 1 is 1.15 bits per heavy atom. The second-order valence-corrected chi connectivity index (χ2v) is 6.55. The van der Waals surface area contributed by atoms with Crippen molar-refractivity contribution in [2.75, 3.05) is 5.32 Å². The van der Waals surface area contributed by atoms with Gasteiger partial charge in [-0.3, -0.25) is 0 Å². The normalized spacial score (nSPS) is 14.4. The fourth-order valence-corrected chi connectivity index (χ4v) is 3.14. The van der Waals surface area contributed by atoms with E-state index < -0.39 is 0 Å². The number of anilines is 2. The number of halogens is 2. The van der Waals surface area contributed by atoms with E-state index in [1.807, 2.05) is 0 Å². The van der Waals surface area contributed by atoms with Crippen molar-refractivity contribution in [3.05, 3.63) is 44.8 Å². The third kappa shape index (κ3) is 2.96. The molecule has 1 heterocycles. The lowest BCUT2D eigenvalue weighted by molar-refractivity contribution is 0.930. The fraction of sp³-hybridized carbons (Fsp3) is 0.333. The highest BCUT2D eigenvalue weighted by Gasteiger charge is 2.27. The maximum Gasteiger partial charge on any atom is 0.135 e. The Kier molecular flexibility index (Phi) is 3.69. The van der Waals surface area contributed by atoms with Crippen molar-refractivity contribution in [3.63, 3.8) is 0 Å². The van der Waals surface area contributed by atoms with Gasteiger partial charge in [0.05, 0.1) is 0 Å². The van der Waals surface area contributed by atoms with Gasteiger partial charge in [0.1, 0.15) is 16.8 Å². The molecule has 20 heavy (non-hydrogen) atoms. The van der Waals surface area contributed by atoms with Crippen LogP contribution in [0.5, 0.6) is 0 Å². The molecule has 0 unspecified atom stereocenters. The molecular formula is C15H15BrClN3. The molecule has 3 nitrogen and oxygen atoms in total. The molecule has 1 saturated carbocycles. The number of nitrogens with zero attached hydrogens (tertiary/aromatic N) is 2. The van der Waals surface area contributed by atoms with Gasteiger partial charge in [0.15, 0.2) is 0 Å². The Morgan fingerprint density at radius 3 is 2.40 bits per heavy atom. The van der Waals surface area contributed by atoms with Gasteiger partial charge in [0.2, 0.25) is 0 Å². The van der Waals surface area contributed by atoms with E-state index in [0.717, 1.165) is 34.6 Å². The molecule has 0 saturated heterocycles. The van der Waals surface area contributed by atoms with E-state index in [0.29, 0.717) is 11.1 Å². The molecule has 5 heteroatoms. The summed E-state index contributed by atoms with van der Waals surface area (Å²) in [5, 5.41) is 3.87. The third-order valence-electron chi connectivity index (χ3n) is 3.41. The summed E-state index contributed by atoms with van der Waals surface area (Å²) in [4.78, 5) is 8.88. The Bertz CT molecular complexity index is 645. The van der Waals surface area contributed by atoms with Crippen molar-refractivity contribution >= 4 is 39.0 Å². The molecule has 2 aromatic rings. The topological polar surface area (TPSA) is 37.8 Å². The summed E-state index contributed by atoms with van der Waals surface area (Å²) >= 11 is 9.60. The Morgan fingerprint density at radius 2 is 1.80 bits per heavy atom. The number of benzene rings is 1. The molecule has 0 amide bonds. The van der Waals surface area contributed by atoms with E-state index in [4.69, 9.17) is 11.6 Å². The first-order valence-corrected chi connectivity index (χ1v) is 7.78. The van der Waals surface area contributed by atoms with Crippen LogP contribution in [0.25, 0.3) is 0 Å². The molecular weight excluding hydrogens is 338 g/mol. The van der Waals surface area contributed by atoms with Crippen LogP contribution in [0.1, 0.15) is 35.7 Å². The predicted molar refractivity (Wildman–Crippen MR) is 85.9 cm³/mol. The summed E-state index contributed by atoms with van der Waals surface area (Å²) in [6, 6.07) is 5.94. The molecule has 1 aromatic heterocycles. The standard InChI is InChI=1S/C15H15BrClN3/c1-8-5-11(16)6-9(2)14(8)19-13-7-12(17)18-15(20-13)10-3-4-10/h5-7,10H,3-4H2,1-2H3,(H,18,19,20). The number of hydrogen-bond acceptors (Lipinski definition) is 3. The van der Waals surface area contributed by atoms with Gasteiger partial charge in [-0.05, 0) is 49.9 Å². The summed E-state index contributed by atoms with van der Waals surface area (Å²) in [6.45, 7) is 4.15. The molecule has 0 aliphatic heterocycles. The van der Waals surface area contributed by atoms with Crippen LogP contribution < -0.4 is 5.32 Å². The van der Waals surface area contributed by atoms with Crippen LogP contribution >= 0.6 is 27.5 Å². The lowest BCUT2D eigenvalue weighted by Crippen LogP contribution is -2.02. The lowest BCUT2D eigenvalue weighted by Gasteiger charge is -2.13. The van der Waals surface area contributed by atoms with Crippen LogP contribution in [0.15, 0.2) is 22.7 Å². The minimum absolute atomic E-state index is 0.487. The third-order valence-corrected chi connectivity index (χ3v) is 4.06. The van der Waals surface area contributed by atoms with E-state index >= 15 is 0 Å². The fourth-order valence-electron chi connectivity index (χ4n) is 2.26. The highest BCUT2D eigenvalue weighted by Crippen LogP contribution is 2.39. The Balaban J connectivity index is 1.95. The zero-order valence-corrected chi connectivity index (χ0v) is 13.7. The number of aromatic nitrogens is 2. The van der Waals surface area contributed by atoms with Crippen LogP contribution in [0, 0.1) is 13.8 Å². The smallest absolute Gasteiger partial charge is 0.135 e. The van der Waals surface area contributed by atoms with E-state index in [-0.39, 0.29) is 0 Å². The summed E-state index contributed by atoms with van der Waals surface area (Å²) in [7, 11) is 0. The maximum absolute atomic E-state index is 6.09. The van der Waals surface area contributed by atoms with Crippen molar-refractivity contribution in [2.24, 2.45) is 0 Å². The summed E-state index contributed by atoms with van der Waals surface area (Å²) in [6.07, 6.45) is 2.33. The van der Waals surface area contributed by atoms with Crippen LogP contribution in [-0.4, -0.2) is 9.97 Å². The van der Waals surface area contributed by atoms with E-state index in [2.05, 4.69) is 57.2 Å². The largest absolute Gasteiger partial charge is 0.340 e. The van der Waals surface area contributed by atoms with Crippen molar-refractivity contribution in [3.8, 4) is 0 Å². The second-order valence-electron chi connectivity index (χ2n) is 5.25. The zero-order valence-electron chi connectivity index (χ0n) is 11.4. The van der Waals surface area contributed by atoms with Crippen molar-refractivity contribution < 1.29 is 0 Å². The first-order valence-electron chi connectivity index (χ1n) is 6.61. The SMILES string of the molecule is Cc1cc(Br)cc(C)c1Nc1cc(Cl)nc(C2CC2)n1. The van der Waals surface area contributed by atoms with Crippen molar-refractivity contribution in [1.82, 2.24) is 9.97 Å². The molecule has 1 N–H and O–H groups in total. The first-order chi connectivity index (χ1) is 9.52. The van der Waals surface area contributed by atoms with Gasteiger partial charge in [-0.1, -0.05) is 27.5 Å². The molecule has 3 rings (SSSR count). The highest BCUT2D eigenvalue weighted by molar-refractivity contribution is 9.10. The Hall–Kier alpha value is -1.13. The van der Waals surface area contributed by atoms with Crippen molar-refractivity contribution in [2.45, 2.75) is 32.6 Å². The van der Waals surface area contributed by atoms with Gasteiger partial charge in [0.25, 0.3) is 0 Å². The van der Waals surface area contributed by atoms with Crippen LogP contribution in [0.3, 0.4) is 0 Å². The lowest BCUT2D eigenvalue weighted by atomic mass is 10.1. The van der Waals surface area contributed by atoms with Gasteiger partial charge < -0.3 is 5.32 Å². The molecule has 1 aromatic carbocycles. The van der Waals surface area contributed by atoms with E-state index in [1.54, 1.807) is 6.07 Å². The molecule has 0 atom stereocenters. The molecule has 1 aliphatic carbocycles. The summed E-state index contributed by atoms with van der Waals surface area (Å²) in [5.74, 6) is 2.11.